The van der Waals surface area contributed by atoms with Crippen molar-refractivity contribution in [3.8, 4) is 0 Å². The molecule has 0 saturated carbocycles. The van der Waals surface area contributed by atoms with Crippen LogP contribution in [-0.4, -0.2) is 17.0 Å². The van der Waals surface area contributed by atoms with Crippen molar-refractivity contribution in [3.05, 3.63) is 41.0 Å². The minimum atomic E-state index is -1.52. The molecule has 0 fully saturated rings. The lowest BCUT2D eigenvalue weighted by molar-refractivity contribution is 0.449. The van der Waals surface area contributed by atoms with Crippen LogP contribution in [0.1, 0.15) is 18.3 Å². The number of aromatic nitrogens is 2. The molecule has 0 atom stereocenters. The van der Waals surface area contributed by atoms with E-state index in [-0.39, 0.29) is 5.69 Å². The summed E-state index contributed by atoms with van der Waals surface area (Å²) in [5.41, 5.74) is 0.471. The van der Waals surface area contributed by atoms with Gasteiger partial charge in [0.25, 0.3) is 0 Å². The second-order valence-corrected chi connectivity index (χ2v) is 4.41. The summed E-state index contributed by atoms with van der Waals surface area (Å²) in [6.07, 6.45) is 0.587. The first-order valence-electron chi connectivity index (χ1n) is 6.43. The van der Waals surface area contributed by atoms with Crippen molar-refractivity contribution >= 4 is 17.3 Å². The molecule has 1 heterocycles. The first kappa shape index (κ1) is 15.1. The van der Waals surface area contributed by atoms with Gasteiger partial charge in [-0.3, -0.25) is 0 Å². The Bertz CT molecular complexity index is 674. The van der Waals surface area contributed by atoms with Crippen LogP contribution in [0.5, 0.6) is 0 Å². The minimum Gasteiger partial charge on any atom is -0.373 e. The van der Waals surface area contributed by atoms with Crippen molar-refractivity contribution in [1.29, 1.82) is 0 Å². The van der Waals surface area contributed by atoms with Gasteiger partial charge in [0.2, 0.25) is 0 Å². The zero-order valence-electron chi connectivity index (χ0n) is 11.9. The number of hydrogen-bond acceptors (Lipinski definition) is 4. The van der Waals surface area contributed by atoms with E-state index in [0.29, 0.717) is 29.4 Å². The van der Waals surface area contributed by atoms with E-state index in [1.807, 2.05) is 6.92 Å². The molecular weight excluding hydrogens is 281 g/mol. The Kier molecular flexibility index (Phi) is 4.30. The number of anilines is 3. The number of nitrogens with zero attached hydrogens (tertiary/aromatic N) is 2. The van der Waals surface area contributed by atoms with Crippen LogP contribution in [0.25, 0.3) is 0 Å². The fraction of sp³-hybridized carbons (Fsp3) is 0.286. The molecule has 7 heteroatoms. The smallest absolute Gasteiger partial charge is 0.196 e. The Morgan fingerprint density at radius 2 is 1.71 bits per heavy atom. The zero-order chi connectivity index (χ0) is 15.6. The largest absolute Gasteiger partial charge is 0.373 e. The SMILES string of the molecule is CCc1nc(NC)c(C)c(Nc2ccc(F)c(F)c2F)n1. The molecule has 112 valence electrons. The fourth-order valence-electron chi connectivity index (χ4n) is 1.84. The molecule has 2 N–H and O–H groups in total. The Morgan fingerprint density at radius 3 is 2.33 bits per heavy atom. The van der Waals surface area contributed by atoms with Crippen LogP contribution in [-0.2, 0) is 6.42 Å². The van der Waals surface area contributed by atoms with E-state index in [9.17, 15) is 13.2 Å². The third-order valence-corrected chi connectivity index (χ3v) is 3.03. The van der Waals surface area contributed by atoms with Gasteiger partial charge in [-0.2, -0.15) is 0 Å². The number of benzene rings is 1. The van der Waals surface area contributed by atoms with Crippen LogP contribution < -0.4 is 10.6 Å². The summed E-state index contributed by atoms with van der Waals surface area (Å²) < 4.78 is 39.9. The van der Waals surface area contributed by atoms with Crippen molar-refractivity contribution in [3.63, 3.8) is 0 Å². The average molecular weight is 296 g/mol. The van der Waals surface area contributed by atoms with E-state index in [2.05, 4.69) is 20.6 Å². The molecule has 0 amide bonds. The van der Waals surface area contributed by atoms with Crippen LogP contribution in [0.2, 0.25) is 0 Å². The summed E-state index contributed by atoms with van der Waals surface area (Å²) in [4.78, 5) is 8.52. The molecule has 0 unspecified atom stereocenters. The molecule has 4 nitrogen and oxygen atoms in total. The van der Waals surface area contributed by atoms with E-state index in [4.69, 9.17) is 0 Å². The predicted octanol–water partition coefficient (Wildman–Crippen LogP) is 3.55. The monoisotopic (exact) mass is 296 g/mol. The molecule has 1 aromatic heterocycles. The Hall–Kier alpha value is -2.31. The maximum Gasteiger partial charge on any atom is 0.196 e. The van der Waals surface area contributed by atoms with Gasteiger partial charge >= 0.3 is 0 Å². The van der Waals surface area contributed by atoms with E-state index in [1.165, 1.54) is 0 Å². The number of rotatable bonds is 4. The summed E-state index contributed by atoms with van der Waals surface area (Å²) in [5, 5.41) is 5.60. The summed E-state index contributed by atoms with van der Waals surface area (Å²) >= 11 is 0. The summed E-state index contributed by atoms with van der Waals surface area (Å²) in [5.74, 6) is -2.55. The predicted molar refractivity (Wildman–Crippen MR) is 75.3 cm³/mol. The highest BCUT2D eigenvalue weighted by atomic mass is 19.2. The molecule has 0 aliphatic carbocycles. The van der Waals surface area contributed by atoms with Crippen LogP contribution >= 0.6 is 0 Å². The quantitative estimate of drug-likeness (QED) is 0.847. The normalized spacial score (nSPS) is 10.6. The molecule has 2 aromatic rings. The Labute approximate surface area is 120 Å². The summed E-state index contributed by atoms with van der Waals surface area (Å²) in [6, 6.07) is 1.98. The van der Waals surface area contributed by atoms with Crippen LogP contribution in [0.3, 0.4) is 0 Å². The van der Waals surface area contributed by atoms with Gasteiger partial charge in [0.15, 0.2) is 17.5 Å². The molecule has 0 aliphatic rings. The maximum absolute atomic E-state index is 13.7. The molecule has 0 saturated heterocycles. The van der Waals surface area contributed by atoms with Crippen molar-refractivity contribution < 1.29 is 13.2 Å². The fourth-order valence-corrected chi connectivity index (χ4v) is 1.84. The topological polar surface area (TPSA) is 49.8 Å². The second-order valence-electron chi connectivity index (χ2n) is 4.41. The van der Waals surface area contributed by atoms with Gasteiger partial charge in [-0.25, -0.2) is 23.1 Å². The first-order chi connectivity index (χ1) is 9.97. The van der Waals surface area contributed by atoms with Crippen LogP contribution in [0.4, 0.5) is 30.5 Å². The highest BCUT2D eigenvalue weighted by molar-refractivity contribution is 5.65. The summed E-state index contributed by atoms with van der Waals surface area (Å²) in [6.45, 7) is 3.62. The van der Waals surface area contributed by atoms with Gasteiger partial charge in [0.05, 0.1) is 5.69 Å². The lowest BCUT2D eigenvalue weighted by atomic mass is 10.2. The van der Waals surface area contributed by atoms with Crippen molar-refractivity contribution in [2.24, 2.45) is 0 Å². The number of hydrogen-bond donors (Lipinski definition) is 2. The highest BCUT2D eigenvalue weighted by Crippen LogP contribution is 2.26. The van der Waals surface area contributed by atoms with Gasteiger partial charge in [0, 0.05) is 19.0 Å². The molecular formula is C14H15F3N4. The molecule has 0 spiro atoms. The molecule has 1 aromatic carbocycles. The van der Waals surface area contributed by atoms with Gasteiger partial charge in [-0.05, 0) is 19.1 Å². The standard InChI is InChI=1S/C14H15F3N4/c1-4-10-20-13(18-3)7(2)14(21-10)19-9-6-5-8(15)11(16)12(9)17/h5-6H,4H2,1-3H3,(H2,18,19,20,21). The third kappa shape index (κ3) is 2.91. The van der Waals surface area contributed by atoms with Crippen molar-refractivity contribution in [2.45, 2.75) is 20.3 Å². The highest BCUT2D eigenvalue weighted by Gasteiger charge is 2.16. The number of nitrogens with one attached hydrogen (secondary N) is 2. The first-order valence-corrected chi connectivity index (χ1v) is 6.43. The molecule has 0 aliphatic heterocycles. The van der Waals surface area contributed by atoms with Gasteiger partial charge in [0.1, 0.15) is 17.5 Å². The third-order valence-electron chi connectivity index (χ3n) is 3.03. The molecule has 0 bridgehead atoms. The van der Waals surface area contributed by atoms with E-state index in [1.54, 1.807) is 14.0 Å². The zero-order valence-corrected chi connectivity index (χ0v) is 11.9. The number of aryl methyl sites for hydroxylation is 1. The van der Waals surface area contributed by atoms with Crippen LogP contribution in [0.15, 0.2) is 12.1 Å². The van der Waals surface area contributed by atoms with Gasteiger partial charge in [-0.1, -0.05) is 6.92 Å². The molecule has 21 heavy (non-hydrogen) atoms. The van der Waals surface area contributed by atoms with Gasteiger partial charge in [-0.15, -0.1) is 0 Å². The van der Waals surface area contributed by atoms with E-state index < -0.39 is 17.5 Å². The van der Waals surface area contributed by atoms with Crippen molar-refractivity contribution in [2.75, 3.05) is 17.7 Å². The van der Waals surface area contributed by atoms with E-state index in [0.717, 1.165) is 12.1 Å². The Balaban J connectivity index is 2.46. The van der Waals surface area contributed by atoms with Crippen LogP contribution in [0, 0.1) is 24.4 Å². The second kappa shape index (κ2) is 5.99. The molecule has 2 rings (SSSR count). The van der Waals surface area contributed by atoms with Crippen molar-refractivity contribution in [1.82, 2.24) is 9.97 Å². The summed E-state index contributed by atoms with van der Waals surface area (Å²) in [7, 11) is 1.71. The Morgan fingerprint density at radius 1 is 1.05 bits per heavy atom. The lowest BCUT2D eigenvalue weighted by Crippen LogP contribution is -2.08. The maximum atomic E-state index is 13.7. The van der Waals surface area contributed by atoms with E-state index >= 15 is 0 Å². The van der Waals surface area contributed by atoms with Gasteiger partial charge < -0.3 is 10.6 Å². The average Bonchev–Trinajstić information content (AvgIpc) is 2.49. The number of halogens is 3. The molecule has 0 radical (unpaired) electrons. The lowest BCUT2D eigenvalue weighted by Gasteiger charge is -2.14. The minimum absolute atomic E-state index is 0.181.